The molecule has 2 aromatic rings. The van der Waals surface area contributed by atoms with Gasteiger partial charge in [0.25, 0.3) is 0 Å². The van der Waals surface area contributed by atoms with Crippen molar-refractivity contribution in [3.63, 3.8) is 0 Å². The van der Waals surface area contributed by atoms with Crippen LogP contribution < -0.4 is 5.32 Å². The number of thiophene rings is 1. The summed E-state index contributed by atoms with van der Waals surface area (Å²) in [4.78, 5) is 1.29. The maximum Gasteiger partial charge on any atom is 0.174 e. The number of halogens is 2. The van der Waals surface area contributed by atoms with Crippen molar-refractivity contribution in [2.75, 3.05) is 6.54 Å². The summed E-state index contributed by atoms with van der Waals surface area (Å²) in [5, 5.41) is 3.48. The van der Waals surface area contributed by atoms with Gasteiger partial charge in [0.15, 0.2) is 4.67 Å². The summed E-state index contributed by atoms with van der Waals surface area (Å²) in [5.41, 5.74) is 2.41. The van der Waals surface area contributed by atoms with Crippen LogP contribution in [0.2, 0.25) is 0 Å². The van der Waals surface area contributed by atoms with E-state index in [9.17, 15) is 0 Å². The van der Waals surface area contributed by atoms with E-state index in [0.717, 1.165) is 16.8 Å². The van der Waals surface area contributed by atoms with E-state index in [0.29, 0.717) is 0 Å². The van der Waals surface area contributed by atoms with Crippen LogP contribution in [0.15, 0.2) is 31.3 Å². The summed E-state index contributed by atoms with van der Waals surface area (Å²) in [6.45, 7) is 5.13. The first kappa shape index (κ1) is 13.3. The van der Waals surface area contributed by atoms with Crippen molar-refractivity contribution < 1.29 is 4.42 Å². The van der Waals surface area contributed by atoms with Crippen LogP contribution in [0.5, 0.6) is 0 Å². The van der Waals surface area contributed by atoms with E-state index in [2.05, 4.69) is 57.1 Å². The molecule has 1 N–H and O–H groups in total. The van der Waals surface area contributed by atoms with Gasteiger partial charge in [0.2, 0.25) is 0 Å². The predicted molar refractivity (Wildman–Crippen MR) is 78.7 cm³/mol. The van der Waals surface area contributed by atoms with Gasteiger partial charge >= 0.3 is 0 Å². The van der Waals surface area contributed by atoms with Gasteiger partial charge in [0, 0.05) is 10.4 Å². The van der Waals surface area contributed by atoms with E-state index >= 15 is 0 Å². The third kappa shape index (κ3) is 2.84. The van der Waals surface area contributed by atoms with Crippen molar-refractivity contribution in [3.05, 3.63) is 42.9 Å². The highest BCUT2D eigenvalue weighted by atomic mass is 79.9. The lowest BCUT2D eigenvalue weighted by molar-refractivity contribution is 0.527. The van der Waals surface area contributed by atoms with Gasteiger partial charge in [-0.1, -0.05) is 6.92 Å². The number of aryl methyl sites for hydroxylation is 1. The van der Waals surface area contributed by atoms with Crippen LogP contribution in [0.3, 0.4) is 0 Å². The van der Waals surface area contributed by atoms with Crippen molar-refractivity contribution in [1.82, 2.24) is 5.32 Å². The van der Waals surface area contributed by atoms with Gasteiger partial charge in [-0.2, -0.15) is 0 Å². The molecule has 0 aliphatic carbocycles. The van der Waals surface area contributed by atoms with Gasteiger partial charge in [-0.3, -0.25) is 0 Å². The Morgan fingerprint density at radius 2 is 2.24 bits per heavy atom. The molecule has 0 aliphatic heterocycles. The molecule has 5 heteroatoms. The quantitative estimate of drug-likeness (QED) is 0.820. The van der Waals surface area contributed by atoms with Crippen molar-refractivity contribution in [3.8, 4) is 0 Å². The Kier molecular flexibility index (Phi) is 4.47. The molecule has 2 heterocycles. The molecule has 0 saturated heterocycles. The minimum Gasteiger partial charge on any atom is -0.457 e. The van der Waals surface area contributed by atoms with Gasteiger partial charge in [-0.15, -0.1) is 11.3 Å². The van der Waals surface area contributed by atoms with E-state index < -0.39 is 0 Å². The molecular formula is C12H13Br2NOS. The smallest absolute Gasteiger partial charge is 0.174 e. The minimum atomic E-state index is 0.183. The zero-order chi connectivity index (χ0) is 12.4. The molecule has 2 aromatic heterocycles. The fourth-order valence-electron chi connectivity index (χ4n) is 1.70. The summed E-state index contributed by atoms with van der Waals surface area (Å²) in [7, 11) is 0. The number of nitrogens with one attached hydrogen (secondary N) is 1. The number of furan rings is 1. The number of hydrogen-bond acceptors (Lipinski definition) is 3. The number of rotatable bonds is 4. The van der Waals surface area contributed by atoms with Crippen LogP contribution >= 0.6 is 43.2 Å². The summed E-state index contributed by atoms with van der Waals surface area (Å²) in [6, 6.07) is 4.39. The molecule has 0 aromatic carbocycles. The molecule has 17 heavy (non-hydrogen) atoms. The molecule has 92 valence electrons. The fourth-order valence-corrected chi connectivity index (χ4v) is 3.84. The second kappa shape index (κ2) is 5.69. The lowest BCUT2D eigenvalue weighted by Gasteiger charge is -2.15. The van der Waals surface area contributed by atoms with Gasteiger partial charge in [0.05, 0.1) is 16.1 Å². The van der Waals surface area contributed by atoms with Crippen molar-refractivity contribution in [2.24, 2.45) is 0 Å². The van der Waals surface area contributed by atoms with Gasteiger partial charge in [-0.25, -0.2) is 0 Å². The lowest BCUT2D eigenvalue weighted by atomic mass is 10.1. The molecular weight excluding hydrogens is 366 g/mol. The average molecular weight is 379 g/mol. The van der Waals surface area contributed by atoms with E-state index in [1.54, 1.807) is 17.6 Å². The van der Waals surface area contributed by atoms with Crippen molar-refractivity contribution in [1.29, 1.82) is 0 Å². The molecule has 0 amide bonds. The Morgan fingerprint density at radius 3 is 2.71 bits per heavy atom. The van der Waals surface area contributed by atoms with E-state index in [1.165, 1.54) is 14.2 Å². The third-order valence-electron chi connectivity index (χ3n) is 2.53. The Morgan fingerprint density at radius 1 is 1.47 bits per heavy atom. The molecule has 0 radical (unpaired) electrons. The summed E-state index contributed by atoms with van der Waals surface area (Å²) >= 11 is 8.78. The Balaban J connectivity index is 2.39. The molecule has 0 bridgehead atoms. The fraction of sp³-hybridized carbons (Fsp3) is 0.333. The van der Waals surface area contributed by atoms with Crippen LogP contribution in [0.1, 0.15) is 29.0 Å². The highest BCUT2D eigenvalue weighted by Crippen LogP contribution is 2.36. The Labute approximate surface area is 122 Å². The molecule has 1 atom stereocenters. The lowest BCUT2D eigenvalue weighted by Crippen LogP contribution is -2.20. The molecule has 2 nitrogen and oxygen atoms in total. The van der Waals surface area contributed by atoms with Crippen molar-refractivity contribution in [2.45, 2.75) is 19.9 Å². The van der Waals surface area contributed by atoms with E-state index in [1.807, 2.05) is 6.07 Å². The molecule has 0 spiro atoms. The first-order chi connectivity index (χ1) is 8.13. The monoisotopic (exact) mass is 377 g/mol. The van der Waals surface area contributed by atoms with Crippen LogP contribution in [0, 0.1) is 6.92 Å². The standard InChI is InChI=1S/C12H13Br2NOS/c1-3-15-10(8-4-5-16-11(8)13)9-6-7(2)12(14)17-9/h4-6,10,15H,3H2,1-2H3. The summed E-state index contributed by atoms with van der Waals surface area (Å²) in [6.07, 6.45) is 1.71. The van der Waals surface area contributed by atoms with E-state index in [-0.39, 0.29) is 6.04 Å². The molecule has 2 rings (SSSR count). The molecule has 0 aliphatic rings. The number of hydrogen-bond donors (Lipinski definition) is 1. The first-order valence-electron chi connectivity index (χ1n) is 5.35. The minimum absolute atomic E-state index is 0.183. The van der Waals surface area contributed by atoms with Crippen LogP contribution in [0.4, 0.5) is 0 Å². The largest absolute Gasteiger partial charge is 0.457 e. The second-order valence-electron chi connectivity index (χ2n) is 3.75. The Bertz CT molecular complexity index is 487. The Hall–Kier alpha value is -0.100. The van der Waals surface area contributed by atoms with Gasteiger partial charge in [-0.05, 0) is 63.0 Å². The summed E-state index contributed by atoms with van der Waals surface area (Å²) in [5.74, 6) is 0. The second-order valence-corrected chi connectivity index (χ2v) is 6.87. The topological polar surface area (TPSA) is 25.2 Å². The molecule has 0 fully saturated rings. The first-order valence-corrected chi connectivity index (χ1v) is 7.75. The van der Waals surface area contributed by atoms with Gasteiger partial charge in [0.1, 0.15) is 0 Å². The molecule has 0 saturated carbocycles. The molecule has 1 unspecified atom stereocenters. The van der Waals surface area contributed by atoms with Crippen LogP contribution in [-0.4, -0.2) is 6.54 Å². The average Bonchev–Trinajstić information content (AvgIpc) is 2.83. The highest BCUT2D eigenvalue weighted by Gasteiger charge is 2.20. The zero-order valence-electron chi connectivity index (χ0n) is 9.59. The van der Waals surface area contributed by atoms with Crippen LogP contribution in [-0.2, 0) is 0 Å². The van der Waals surface area contributed by atoms with Crippen LogP contribution in [0.25, 0.3) is 0 Å². The maximum atomic E-state index is 5.32. The SMILES string of the molecule is CCNC(c1cc(C)c(Br)s1)c1ccoc1Br. The van der Waals surface area contributed by atoms with E-state index in [4.69, 9.17) is 4.42 Å². The predicted octanol–water partition coefficient (Wildman–Crippen LogP) is 4.87. The van der Waals surface area contributed by atoms with Gasteiger partial charge < -0.3 is 9.73 Å². The normalized spacial score (nSPS) is 12.9. The third-order valence-corrected chi connectivity index (χ3v) is 5.37. The maximum absolute atomic E-state index is 5.32. The summed E-state index contributed by atoms with van der Waals surface area (Å²) < 4.78 is 7.31. The highest BCUT2D eigenvalue weighted by molar-refractivity contribution is 9.11. The van der Waals surface area contributed by atoms with Crippen molar-refractivity contribution >= 4 is 43.2 Å². The zero-order valence-corrected chi connectivity index (χ0v) is 13.6.